The average Bonchev–Trinajstić information content (AvgIpc) is 3.47. The lowest BCUT2D eigenvalue weighted by atomic mass is 10.1. The van der Waals surface area contributed by atoms with Gasteiger partial charge in [-0.25, -0.2) is 15.0 Å². The first-order valence-electron chi connectivity index (χ1n) is 17.6. The Bertz CT molecular complexity index is 1650. The lowest BCUT2D eigenvalue weighted by Gasteiger charge is -2.44. The molecule has 3 aromatic rings. The molecule has 2 N–H and O–H groups in total. The molecule has 1 aromatic carbocycles. The van der Waals surface area contributed by atoms with Gasteiger partial charge >= 0.3 is 0 Å². The Morgan fingerprint density at radius 3 is 1.90 bits per heavy atom. The van der Waals surface area contributed by atoms with Crippen LogP contribution in [0.25, 0.3) is 23.3 Å². The molecule has 0 spiro atoms. The van der Waals surface area contributed by atoms with E-state index in [2.05, 4.69) is 132 Å². The molecule has 1 aliphatic heterocycles. The first-order valence-corrected chi connectivity index (χ1v) is 26.4. The van der Waals surface area contributed by atoms with Crippen molar-refractivity contribution in [2.45, 2.75) is 148 Å². The number of ether oxygens (including phenoxy) is 1. The fourth-order valence-corrected chi connectivity index (χ4v) is 8.73. The predicted octanol–water partition coefficient (Wildman–Crippen LogP) is 9.59. The number of rotatable bonds is 10. The summed E-state index contributed by atoms with van der Waals surface area (Å²) < 4.78 is 31.0. The number of hydrogen-bond donors (Lipinski definition) is 1. The fourth-order valence-electron chi connectivity index (χ4n) is 5.11. The zero-order valence-electron chi connectivity index (χ0n) is 33.1. The second-order valence-corrected chi connectivity index (χ2v) is 32.6. The van der Waals surface area contributed by atoms with Gasteiger partial charge in [0.1, 0.15) is 30.5 Å². The van der Waals surface area contributed by atoms with Crippen molar-refractivity contribution in [1.29, 1.82) is 0 Å². The van der Waals surface area contributed by atoms with Crippen molar-refractivity contribution in [3.63, 3.8) is 0 Å². The topological polar surface area (TPSA) is 107 Å². The summed E-state index contributed by atoms with van der Waals surface area (Å²) in [6.07, 6.45) is 3.76. The minimum Gasteiger partial charge on any atom is -0.414 e. The number of nitrogens with zero attached hydrogens (tertiary/aromatic N) is 4. The van der Waals surface area contributed by atoms with Crippen molar-refractivity contribution in [2.75, 3.05) is 12.3 Å². The van der Waals surface area contributed by atoms with E-state index in [1.807, 2.05) is 22.8 Å². The monoisotopic (exact) mass is 725 g/mol. The quantitative estimate of drug-likeness (QED) is 0.206. The minimum absolute atomic E-state index is 0.0255. The number of nitrogen functional groups attached to an aromatic ring is 1. The molecule has 4 atom stereocenters. The maximum atomic E-state index is 7.44. The van der Waals surface area contributed by atoms with Gasteiger partial charge in [-0.3, -0.25) is 4.57 Å². The number of imidazole rings is 1. The number of aromatic nitrogens is 4. The summed E-state index contributed by atoms with van der Waals surface area (Å²) in [5, 5.41) is -0.0331. The molecule has 272 valence electrons. The lowest BCUT2D eigenvalue weighted by molar-refractivity contribution is -0.0473. The number of anilines is 1. The zero-order chi connectivity index (χ0) is 37.0. The summed E-state index contributed by atoms with van der Waals surface area (Å²) in [6.45, 7) is 36.7. The number of nitrogens with two attached hydrogens (primary N) is 1. The molecule has 0 aliphatic carbocycles. The van der Waals surface area contributed by atoms with Crippen molar-refractivity contribution in [3.05, 3.63) is 47.5 Å². The third kappa shape index (κ3) is 8.31. The van der Waals surface area contributed by atoms with Gasteiger partial charge in [-0.1, -0.05) is 92.7 Å². The number of aryl methyl sites for hydroxylation is 1. The first kappa shape index (κ1) is 39.6. The summed E-state index contributed by atoms with van der Waals surface area (Å²) >= 11 is 0. The van der Waals surface area contributed by atoms with E-state index in [0.29, 0.717) is 29.4 Å². The van der Waals surface area contributed by atoms with E-state index >= 15 is 0 Å². The lowest BCUT2D eigenvalue weighted by Crippen LogP contribution is -2.54. The molecule has 0 unspecified atom stereocenters. The summed E-state index contributed by atoms with van der Waals surface area (Å²) in [5.74, 6) is 0.984. The normalized spacial score (nSPS) is 21.7. The van der Waals surface area contributed by atoms with E-state index in [1.54, 1.807) is 0 Å². The largest absolute Gasteiger partial charge is 0.414 e. The van der Waals surface area contributed by atoms with Crippen molar-refractivity contribution >= 4 is 54.1 Å². The van der Waals surface area contributed by atoms with Gasteiger partial charge < -0.3 is 23.7 Å². The van der Waals surface area contributed by atoms with Gasteiger partial charge in [0, 0.05) is 0 Å². The van der Waals surface area contributed by atoms with Crippen LogP contribution in [-0.2, 0) is 18.0 Å². The van der Waals surface area contributed by atoms with Gasteiger partial charge in [0.25, 0.3) is 0 Å². The second-order valence-electron chi connectivity index (χ2n) is 18.3. The standard InChI is InChI=1S/C37H63N5O4Si3/c1-25-19-17-18-20-26(25)21-22-28-41-29-32(38)39-24-40-33(29)42(28)34-31(46-49(15,16)37(8,9)10)30(45-48(13,14)36(5,6)7)27(44-34)23-43-47(11,12)35(2,3)4/h17-22,24,27,30-31,34H,23H2,1-16H3,(H2,38,39,40)/b22-21+/t27-,30-,31-,34-/m1/s1. The van der Waals surface area contributed by atoms with Crippen LogP contribution in [0.4, 0.5) is 5.82 Å². The number of hydrogen-bond acceptors (Lipinski definition) is 8. The molecule has 12 heteroatoms. The van der Waals surface area contributed by atoms with Gasteiger partial charge in [0.15, 0.2) is 48.2 Å². The fraction of sp³-hybridized carbons (Fsp3) is 0.649. The molecule has 1 aliphatic rings. The maximum absolute atomic E-state index is 7.44. The van der Waals surface area contributed by atoms with Crippen LogP contribution in [-0.4, -0.2) is 69.4 Å². The Kier molecular flexibility index (Phi) is 11.1. The maximum Gasteiger partial charge on any atom is 0.192 e. The molecule has 2 aromatic heterocycles. The van der Waals surface area contributed by atoms with Gasteiger partial charge in [-0.05, 0) is 78.5 Å². The van der Waals surface area contributed by atoms with Crippen molar-refractivity contribution in [2.24, 2.45) is 0 Å². The molecule has 3 heterocycles. The van der Waals surface area contributed by atoms with Crippen molar-refractivity contribution < 1.29 is 18.0 Å². The van der Waals surface area contributed by atoms with Crippen molar-refractivity contribution in [3.8, 4) is 0 Å². The molecule has 0 radical (unpaired) electrons. The predicted molar refractivity (Wildman–Crippen MR) is 211 cm³/mol. The highest BCUT2D eigenvalue weighted by molar-refractivity contribution is 6.75. The van der Waals surface area contributed by atoms with Crippen LogP contribution in [0.5, 0.6) is 0 Å². The molecule has 0 amide bonds. The van der Waals surface area contributed by atoms with Gasteiger partial charge in [-0.15, -0.1) is 0 Å². The highest BCUT2D eigenvalue weighted by Gasteiger charge is 2.55. The Hall–Kier alpha value is -2.20. The Morgan fingerprint density at radius 2 is 1.35 bits per heavy atom. The van der Waals surface area contributed by atoms with Crippen LogP contribution < -0.4 is 5.73 Å². The molecular formula is C37H63N5O4Si3. The Labute approximate surface area is 298 Å². The summed E-state index contributed by atoms with van der Waals surface area (Å²) in [6, 6.07) is 8.28. The van der Waals surface area contributed by atoms with E-state index in [4.69, 9.17) is 33.7 Å². The molecule has 0 bridgehead atoms. The van der Waals surface area contributed by atoms with Crippen LogP contribution in [0, 0.1) is 6.92 Å². The summed E-state index contributed by atoms with van der Waals surface area (Å²) in [5.41, 5.74) is 9.83. The SMILES string of the molecule is Cc1ccccc1/C=C/c1nc2c(N)ncnc2n1[C@@H]1O[C@H](CO[Si](C)(C)C(C)(C)C)[C@@H](O[Si](C)(C)C(C)(C)C)[C@H]1O[Si](C)(C)C(C)(C)C. The van der Waals surface area contributed by atoms with Crippen LogP contribution in [0.1, 0.15) is 85.5 Å². The van der Waals surface area contributed by atoms with E-state index in [9.17, 15) is 0 Å². The Balaban J connectivity index is 1.95. The molecule has 1 fully saturated rings. The molecule has 9 nitrogen and oxygen atoms in total. The van der Waals surface area contributed by atoms with Crippen LogP contribution >= 0.6 is 0 Å². The van der Waals surface area contributed by atoms with Gasteiger partial charge in [0.2, 0.25) is 0 Å². The van der Waals surface area contributed by atoms with Gasteiger partial charge in [-0.2, -0.15) is 0 Å². The van der Waals surface area contributed by atoms with Crippen molar-refractivity contribution in [1.82, 2.24) is 19.5 Å². The zero-order valence-corrected chi connectivity index (χ0v) is 36.1. The van der Waals surface area contributed by atoms with E-state index in [0.717, 1.165) is 5.56 Å². The van der Waals surface area contributed by atoms with E-state index in [-0.39, 0.29) is 27.3 Å². The molecule has 49 heavy (non-hydrogen) atoms. The summed E-state index contributed by atoms with van der Waals surface area (Å²) in [4.78, 5) is 14.0. The molecule has 4 rings (SSSR count). The molecule has 0 saturated carbocycles. The van der Waals surface area contributed by atoms with E-state index < -0.39 is 37.3 Å². The first-order chi connectivity index (χ1) is 22.3. The highest BCUT2D eigenvalue weighted by atomic mass is 28.4. The van der Waals surface area contributed by atoms with Crippen LogP contribution in [0.3, 0.4) is 0 Å². The highest BCUT2D eigenvalue weighted by Crippen LogP contribution is 2.47. The molecular weight excluding hydrogens is 663 g/mol. The van der Waals surface area contributed by atoms with Gasteiger partial charge in [0.05, 0.1) is 6.61 Å². The molecule has 1 saturated heterocycles. The Morgan fingerprint density at radius 1 is 0.796 bits per heavy atom. The minimum atomic E-state index is -2.37. The van der Waals surface area contributed by atoms with Crippen LogP contribution in [0.2, 0.25) is 54.4 Å². The average molecular weight is 726 g/mol. The number of benzene rings is 1. The third-order valence-electron chi connectivity index (χ3n) is 11.6. The smallest absolute Gasteiger partial charge is 0.192 e. The second kappa shape index (κ2) is 13.7. The third-order valence-corrected chi connectivity index (χ3v) is 25.0. The van der Waals surface area contributed by atoms with Crippen LogP contribution in [0.15, 0.2) is 30.6 Å². The van der Waals surface area contributed by atoms with E-state index in [1.165, 1.54) is 11.9 Å². The summed E-state index contributed by atoms with van der Waals surface area (Å²) in [7, 11) is -6.81. The number of fused-ring (bicyclic) bond motifs is 1.